The lowest BCUT2D eigenvalue weighted by molar-refractivity contribution is 0.102. The Labute approximate surface area is 122 Å². The van der Waals surface area contributed by atoms with Gasteiger partial charge in [0.2, 0.25) is 0 Å². The van der Waals surface area contributed by atoms with Crippen molar-refractivity contribution in [2.75, 3.05) is 24.3 Å². The van der Waals surface area contributed by atoms with Gasteiger partial charge in [-0.15, -0.1) is 0 Å². The first-order valence-electron chi connectivity index (χ1n) is 6.04. The number of carbonyl (C=O) groups excluding carboxylic acids is 1. The van der Waals surface area contributed by atoms with Gasteiger partial charge in [0.05, 0.1) is 22.5 Å². The van der Waals surface area contributed by atoms with Crippen LogP contribution in [0.2, 0.25) is 5.02 Å². The van der Waals surface area contributed by atoms with E-state index in [1.54, 1.807) is 18.3 Å². The lowest BCUT2D eigenvalue weighted by atomic mass is 10.2. The van der Waals surface area contributed by atoms with Gasteiger partial charge in [-0.1, -0.05) is 11.6 Å². The number of carbonyl (C=O) groups is 1. The van der Waals surface area contributed by atoms with E-state index in [-0.39, 0.29) is 5.91 Å². The summed E-state index contributed by atoms with van der Waals surface area (Å²) in [7, 11) is 3.80. The summed E-state index contributed by atoms with van der Waals surface area (Å²) in [5.74, 6) is 0.514. The number of halogens is 1. The molecule has 0 aliphatic heterocycles. The van der Waals surface area contributed by atoms with Gasteiger partial charge in [-0.05, 0) is 25.1 Å². The lowest BCUT2D eigenvalue weighted by Gasteiger charge is -2.12. The molecule has 2 aromatic heterocycles. The van der Waals surface area contributed by atoms with Crippen molar-refractivity contribution in [1.82, 2.24) is 9.97 Å². The predicted octanol–water partition coefficient (Wildman–Crippen LogP) is 2.76. The van der Waals surface area contributed by atoms with Gasteiger partial charge in [0, 0.05) is 26.0 Å². The van der Waals surface area contributed by atoms with Crippen molar-refractivity contribution >= 4 is 29.0 Å². The molecule has 0 unspecified atom stereocenters. The van der Waals surface area contributed by atoms with Gasteiger partial charge in [0.25, 0.3) is 5.91 Å². The zero-order valence-corrected chi connectivity index (χ0v) is 12.3. The summed E-state index contributed by atoms with van der Waals surface area (Å²) >= 11 is 6.03. The highest BCUT2D eigenvalue weighted by Crippen LogP contribution is 2.18. The van der Waals surface area contributed by atoms with E-state index in [9.17, 15) is 4.79 Å². The highest BCUT2D eigenvalue weighted by molar-refractivity contribution is 6.34. The van der Waals surface area contributed by atoms with E-state index in [1.165, 1.54) is 6.20 Å². The maximum atomic E-state index is 12.1. The van der Waals surface area contributed by atoms with Crippen LogP contribution < -0.4 is 10.2 Å². The van der Waals surface area contributed by atoms with E-state index < -0.39 is 0 Å². The molecule has 2 heterocycles. The molecule has 20 heavy (non-hydrogen) atoms. The molecule has 0 aromatic carbocycles. The SMILES string of the molecule is Cc1cc(Cl)c(C(=O)Nc2ccc(N(C)C)nc2)cn1. The van der Waals surface area contributed by atoms with Crippen LogP contribution in [0.15, 0.2) is 30.6 Å². The third-order valence-electron chi connectivity index (χ3n) is 2.70. The fraction of sp³-hybridized carbons (Fsp3) is 0.214. The van der Waals surface area contributed by atoms with Gasteiger partial charge >= 0.3 is 0 Å². The second-order valence-electron chi connectivity index (χ2n) is 4.56. The third kappa shape index (κ3) is 3.24. The first-order valence-corrected chi connectivity index (χ1v) is 6.42. The molecule has 0 bridgehead atoms. The van der Waals surface area contributed by atoms with Crippen LogP contribution in [0, 0.1) is 6.92 Å². The second-order valence-corrected chi connectivity index (χ2v) is 4.97. The summed E-state index contributed by atoms with van der Waals surface area (Å²) in [6.07, 6.45) is 3.07. The van der Waals surface area contributed by atoms with Crippen LogP contribution in [-0.2, 0) is 0 Å². The Hall–Kier alpha value is -2.14. The average Bonchev–Trinajstić information content (AvgIpc) is 2.39. The van der Waals surface area contributed by atoms with Crippen molar-refractivity contribution in [2.24, 2.45) is 0 Å². The largest absolute Gasteiger partial charge is 0.363 e. The monoisotopic (exact) mass is 290 g/mol. The Balaban J connectivity index is 2.15. The number of pyridine rings is 2. The molecule has 0 saturated carbocycles. The summed E-state index contributed by atoms with van der Waals surface area (Å²) in [4.78, 5) is 22.3. The van der Waals surface area contributed by atoms with Crippen molar-refractivity contribution in [3.8, 4) is 0 Å². The molecule has 0 radical (unpaired) electrons. The van der Waals surface area contributed by atoms with Crippen molar-refractivity contribution < 1.29 is 4.79 Å². The van der Waals surface area contributed by atoms with E-state index in [2.05, 4.69) is 15.3 Å². The highest BCUT2D eigenvalue weighted by Gasteiger charge is 2.11. The molecular weight excluding hydrogens is 276 g/mol. The van der Waals surface area contributed by atoms with Crippen LogP contribution in [0.5, 0.6) is 0 Å². The van der Waals surface area contributed by atoms with Crippen molar-refractivity contribution in [1.29, 1.82) is 0 Å². The van der Waals surface area contributed by atoms with Crippen LogP contribution in [-0.4, -0.2) is 30.0 Å². The van der Waals surface area contributed by atoms with E-state index >= 15 is 0 Å². The predicted molar refractivity (Wildman–Crippen MR) is 80.5 cm³/mol. The quantitative estimate of drug-likeness (QED) is 0.944. The third-order valence-corrected chi connectivity index (χ3v) is 3.01. The average molecular weight is 291 g/mol. The molecule has 0 aliphatic carbocycles. The van der Waals surface area contributed by atoms with Crippen molar-refractivity contribution in [3.63, 3.8) is 0 Å². The van der Waals surface area contributed by atoms with Gasteiger partial charge in [-0.3, -0.25) is 9.78 Å². The summed E-state index contributed by atoms with van der Waals surface area (Å²) in [5.41, 5.74) is 1.72. The van der Waals surface area contributed by atoms with Gasteiger partial charge in [0.1, 0.15) is 5.82 Å². The summed E-state index contributed by atoms with van der Waals surface area (Å²) < 4.78 is 0. The second kappa shape index (κ2) is 5.88. The number of amides is 1. The fourth-order valence-corrected chi connectivity index (χ4v) is 1.91. The minimum atomic E-state index is -0.304. The standard InChI is InChI=1S/C14H15ClN4O/c1-9-6-12(15)11(8-16-9)14(20)18-10-4-5-13(17-7-10)19(2)3/h4-8H,1-3H3,(H,18,20). The molecule has 104 valence electrons. The van der Waals surface area contributed by atoms with Crippen LogP contribution >= 0.6 is 11.6 Å². The van der Waals surface area contributed by atoms with Gasteiger partial charge in [0.15, 0.2) is 0 Å². The van der Waals surface area contributed by atoms with E-state index in [1.807, 2.05) is 32.0 Å². The molecule has 0 spiro atoms. The number of aromatic nitrogens is 2. The number of rotatable bonds is 3. The molecule has 5 nitrogen and oxygen atoms in total. The van der Waals surface area contributed by atoms with Crippen LogP contribution in [0.4, 0.5) is 11.5 Å². The number of nitrogens with zero attached hydrogens (tertiary/aromatic N) is 3. The molecule has 2 aromatic rings. The lowest BCUT2D eigenvalue weighted by Crippen LogP contribution is -2.14. The number of hydrogen-bond acceptors (Lipinski definition) is 4. The van der Waals surface area contributed by atoms with Gasteiger partial charge in [-0.2, -0.15) is 0 Å². The number of anilines is 2. The molecule has 2 rings (SSSR count). The molecule has 0 fully saturated rings. The van der Waals surface area contributed by atoms with E-state index in [4.69, 9.17) is 11.6 Å². The van der Waals surface area contributed by atoms with Crippen LogP contribution in [0.1, 0.15) is 16.1 Å². The molecule has 0 saturated heterocycles. The Morgan fingerprint density at radius 3 is 2.55 bits per heavy atom. The van der Waals surface area contributed by atoms with E-state index in [0.717, 1.165) is 11.5 Å². The van der Waals surface area contributed by atoms with Crippen molar-refractivity contribution in [3.05, 3.63) is 46.9 Å². The maximum absolute atomic E-state index is 12.1. The van der Waals surface area contributed by atoms with E-state index in [0.29, 0.717) is 16.3 Å². The maximum Gasteiger partial charge on any atom is 0.258 e. The number of aryl methyl sites for hydroxylation is 1. The first kappa shape index (κ1) is 14.3. The minimum Gasteiger partial charge on any atom is -0.363 e. The topological polar surface area (TPSA) is 58.1 Å². The zero-order chi connectivity index (χ0) is 14.7. The van der Waals surface area contributed by atoms with Crippen LogP contribution in [0.3, 0.4) is 0 Å². The number of hydrogen-bond donors (Lipinski definition) is 1. The minimum absolute atomic E-state index is 0.304. The first-order chi connectivity index (χ1) is 9.47. The molecular formula is C14H15ClN4O. The fourth-order valence-electron chi connectivity index (χ4n) is 1.62. The molecule has 1 N–H and O–H groups in total. The molecule has 1 amide bonds. The Bertz CT molecular complexity index is 626. The number of nitrogens with one attached hydrogen (secondary N) is 1. The Morgan fingerprint density at radius 2 is 2.00 bits per heavy atom. The zero-order valence-electron chi connectivity index (χ0n) is 11.5. The highest BCUT2D eigenvalue weighted by atomic mass is 35.5. The van der Waals surface area contributed by atoms with Crippen LogP contribution in [0.25, 0.3) is 0 Å². The summed E-state index contributed by atoms with van der Waals surface area (Å²) in [6, 6.07) is 5.27. The van der Waals surface area contributed by atoms with Gasteiger partial charge < -0.3 is 10.2 Å². The van der Waals surface area contributed by atoms with Gasteiger partial charge in [-0.25, -0.2) is 4.98 Å². The molecule has 0 aliphatic rings. The summed E-state index contributed by atoms with van der Waals surface area (Å²) in [5, 5.41) is 3.12. The Morgan fingerprint density at radius 1 is 1.25 bits per heavy atom. The molecule has 0 atom stereocenters. The normalized spacial score (nSPS) is 10.2. The molecule has 6 heteroatoms. The van der Waals surface area contributed by atoms with Crippen molar-refractivity contribution in [2.45, 2.75) is 6.92 Å². The smallest absolute Gasteiger partial charge is 0.258 e. The summed E-state index contributed by atoms with van der Waals surface area (Å²) in [6.45, 7) is 1.82. The Kier molecular flexibility index (Phi) is 4.20.